The van der Waals surface area contributed by atoms with Crippen molar-refractivity contribution >= 4 is 39.8 Å². The fourth-order valence-corrected chi connectivity index (χ4v) is 5.58. The van der Waals surface area contributed by atoms with E-state index in [-0.39, 0.29) is 12.1 Å². The summed E-state index contributed by atoms with van der Waals surface area (Å²) in [7, 11) is 0. The average Bonchev–Trinajstić information content (AvgIpc) is 3.49. The Hall–Kier alpha value is -3.83. The fraction of sp³-hybridized carbons (Fsp3) is 0.308. The molecule has 3 N–H and O–H groups in total. The zero-order valence-electron chi connectivity index (χ0n) is 20.2. The maximum atomic E-state index is 13.8. The number of aromatic nitrogens is 3. The average molecular weight is 520 g/mol. The van der Waals surface area contributed by atoms with E-state index in [9.17, 15) is 9.18 Å². The SMILES string of the molecule is Cc1nc(Oc2ccc(N3CCNC3=O)c3ccccc23)c(-c2ccnc(N[C@@H]3CNC[C@@H](F)C3)n2)s1. The van der Waals surface area contributed by atoms with E-state index in [1.54, 1.807) is 11.1 Å². The Kier molecular flexibility index (Phi) is 6.31. The third-order valence-electron chi connectivity index (χ3n) is 6.44. The summed E-state index contributed by atoms with van der Waals surface area (Å²) >= 11 is 1.48. The Balaban J connectivity index is 1.31. The number of urea groups is 1. The van der Waals surface area contributed by atoms with Gasteiger partial charge in [-0.25, -0.2) is 24.1 Å². The van der Waals surface area contributed by atoms with Gasteiger partial charge in [-0.15, -0.1) is 11.3 Å². The van der Waals surface area contributed by atoms with Gasteiger partial charge in [-0.1, -0.05) is 24.3 Å². The van der Waals surface area contributed by atoms with E-state index in [0.717, 1.165) is 26.3 Å². The van der Waals surface area contributed by atoms with Crippen molar-refractivity contribution in [1.82, 2.24) is 25.6 Å². The Morgan fingerprint density at radius 1 is 1.14 bits per heavy atom. The number of ether oxygens (including phenoxy) is 1. The molecule has 4 heterocycles. The molecule has 2 fully saturated rings. The number of carbonyl (C=O) groups excluding carboxylic acids is 1. The van der Waals surface area contributed by atoms with Crippen molar-refractivity contribution in [2.24, 2.45) is 0 Å². The molecule has 2 aliphatic heterocycles. The van der Waals surface area contributed by atoms with Crippen LogP contribution < -0.4 is 25.6 Å². The molecule has 0 spiro atoms. The number of fused-ring (bicyclic) bond motifs is 1. The first-order chi connectivity index (χ1) is 18.0. The number of aryl methyl sites for hydroxylation is 1. The van der Waals surface area contributed by atoms with E-state index >= 15 is 0 Å². The summed E-state index contributed by atoms with van der Waals surface area (Å²) in [4.78, 5) is 28.5. The van der Waals surface area contributed by atoms with Crippen molar-refractivity contribution < 1.29 is 13.9 Å². The van der Waals surface area contributed by atoms with Gasteiger partial charge < -0.3 is 20.7 Å². The Labute approximate surface area is 217 Å². The van der Waals surface area contributed by atoms with Gasteiger partial charge in [0.05, 0.1) is 16.4 Å². The second kappa shape index (κ2) is 9.91. The highest BCUT2D eigenvalue weighted by atomic mass is 32.1. The highest BCUT2D eigenvalue weighted by Crippen LogP contribution is 2.41. The van der Waals surface area contributed by atoms with E-state index in [0.29, 0.717) is 55.9 Å². The van der Waals surface area contributed by atoms with Gasteiger partial charge in [0.25, 0.3) is 0 Å². The maximum Gasteiger partial charge on any atom is 0.322 e. The molecule has 2 atom stereocenters. The van der Waals surface area contributed by atoms with Crippen molar-refractivity contribution in [3.05, 3.63) is 53.7 Å². The maximum absolute atomic E-state index is 13.8. The third-order valence-corrected chi connectivity index (χ3v) is 7.41. The summed E-state index contributed by atoms with van der Waals surface area (Å²) in [5.74, 6) is 1.53. The lowest BCUT2D eigenvalue weighted by Crippen LogP contribution is -2.44. The Morgan fingerprint density at radius 2 is 2.00 bits per heavy atom. The van der Waals surface area contributed by atoms with Gasteiger partial charge in [-0.3, -0.25) is 4.90 Å². The molecule has 2 aromatic heterocycles. The van der Waals surface area contributed by atoms with Crippen molar-refractivity contribution in [2.45, 2.75) is 25.6 Å². The lowest BCUT2D eigenvalue weighted by molar-refractivity contribution is 0.252. The number of hydrogen-bond acceptors (Lipinski definition) is 8. The molecule has 4 aromatic rings. The number of rotatable bonds is 6. The summed E-state index contributed by atoms with van der Waals surface area (Å²) < 4.78 is 20.2. The van der Waals surface area contributed by atoms with E-state index < -0.39 is 6.17 Å². The van der Waals surface area contributed by atoms with Crippen molar-refractivity contribution in [2.75, 3.05) is 36.4 Å². The van der Waals surface area contributed by atoms with Gasteiger partial charge in [0.1, 0.15) is 16.8 Å². The van der Waals surface area contributed by atoms with Crippen LogP contribution in [0.4, 0.5) is 20.8 Å². The van der Waals surface area contributed by atoms with Gasteiger partial charge in [-0.05, 0) is 25.1 Å². The molecule has 2 amide bonds. The van der Waals surface area contributed by atoms with E-state index in [1.807, 2.05) is 49.4 Å². The number of thiazole rings is 1. The number of piperidine rings is 1. The summed E-state index contributed by atoms with van der Waals surface area (Å²) in [6.45, 7) is 4.19. The quantitative estimate of drug-likeness (QED) is 0.345. The van der Waals surface area contributed by atoms with Crippen LogP contribution in [0.2, 0.25) is 0 Å². The number of hydrogen-bond donors (Lipinski definition) is 3. The summed E-state index contributed by atoms with van der Waals surface area (Å²) in [5.41, 5.74) is 1.51. The van der Waals surface area contributed by atoms with Crippen molar-refractivity contribution in [3.63, 3.8) is 0 Å². The van der Waals surface area contributed by atoms with Crippen LogP contribution >= 0.6 is 11.3 Å². The molecule has 0 unspecified atom stereocenters. The molecule has 11 heteroatoms. The lowest BCUT2D eigenvalue weighted by atomic mass is 10.1. The zero-order valence-corrected chi connectivity index (χ0v) is 21.0. The molecule has 0 aliphatic carbocycles. The van der Waals surface area contributed by atoms with Crippen LogP contribution in [0.15, 0.2) is 48.7 Å². The second-order valence-electron chi connectivity index (χ2n) is 9.08. The van der Waals surface area contributed by atoms with Crippen LogP contribution in [0.25, 0.3) is 21.3 Å². The fourth-order valence-electron chi connectivity index (χ4n) is 4.76. The lowest BCUT2D eigenvalue weighted by Gasteiger charge is -2.26. The van der Waals surface area contributed by atoms with Gasteiger partial charge in [0.15, 0.2) is 0 Å². The minimum Gasteiger partial charge on any atom is -0.437 e. The first-order valence-corrected chi connectivity index (χ1v) is 13.0. The van der Waals surface area contributed by atoms with Crippen LogP contribution in [0.5, 0.6) is 11.6 Å². The first-order valence-electron chi connectivity index (χ1n) is 12.2. The topological polar surface area (TPSA) is 104 Å². The minimum absolute atomic E-state index is 0.0829. The standard InChI is InChI=1S/C26H26FN7O2S/c1-15-31-24(23(37-15)20-8-9-29-25(33-20)32-17-12-16(27)13-28-14-17)36-22-7-6-21(34-11-10-30-26(34)35)18-4-2-3-5-19(18)22/h2-9,16-17,28H,10-14H2,1H3,(H,30,35)(H,29,32,33)/t16-,17-/m0/s1. The highest BCUT2D eigenvalue weighted by molar-refractivity contribution is 7.15. The normalized spacial score (nSPS) is 19.7. The number of amides is 2. The predicted octanol–water partition coefficient (Wildman–Crippen LogP) is 4.50. The number of alkyl halides is 1. The number of halogens is 1. The smallest absolute Gasteiger partial charge is 0.322 e. The molecule has 0 bridgehead atoms. The third kappa shape index (κ3) is 4.79. The molecule has 2 saturated heterocycles. The van der Waals surface area contributed by atoms with Crippen LogP contribution in [-0.2, 0) is 0 Å². The number of benzene rings is 2. The highest BCUT2D eigenvalue weighted by Gasteiger charge is 2.25. The second-order valence-corrected chi connectivity index (χ2v) is 10.3. The van der Waals surface area contributed by atoms with Crippen LogP contribution in [0, 0.1) is 6.92 Å². The van der Waals surface area contributed by atoms with Crippen LogP contribution in [0.3, 0.4) is 0 Å². The molecule has 0 radical (unpaired) electrons. The van der Waals surface area contributed by atoms with Gasteiger partial charge in [0.2, 0.25) is 11.8 Å². The molecular weight excluding hydrogens is 493 g/mol. The van der Waals surface area contributed by atoms with Crippen LogP contribution in [-0.4, -0.2) is 59.4 Å². The largest absolute Gasteiger partial charge is 0.437 e. The molecular formula is C26H26FN7O2S. The number of anilines is 2. The number of carbonyl (C=O) groups is 1. The van der Waals surface area contributed by atoms with Gasteiger partial charge in [-0.2, -0.15) is 0 Å². The molecule has 9 nitrogen and oxygen atoms in total. The van der Waals surface area contributed by atoms with E-state index in [4.69, 9.17) is 4.74 Å². The predicted molar refractivity (Wildman–Crippen MR) is 142 cm³/mol. The van der Waals surface area contributed by atoms with Crippen LogP contribution in [0.1, 0.15) is 11.4 Å². The van der Waals surface area contributed by atoms with Crippen molar-refractivity contribution in [1.29, 1.82) is 0 Å². The molecule has 2 aliphatic rings. The minimum atomic E-state index is -0.889. The van der Waals surface area contributed by atoms with Crippen molar-refractivity contribution in [3.8, 4) is 22.2 Å². The number of nitrogens with zero attached hydrogens (tertiary/aromatic N) is 4. The molecule has 6 rings (SSSR count). The summed E-state index contributed by atoms with van der Waals surface area (Å²) in [5, 5.41) is 11.8. The molecule has 37 heavy (non-hydrogen) atoms. The molecule has 0 saturated carbocycles. The zero-order chi connectivity index (χ0) is 25.4. The Morgan fingerprint density at radius 3 is 2.81 bits per heavy atom. The van der Waals surface area contributed by atoms with Gasteiger partial charge in [0, 0.05) is 55.6 Å². The molecule has 190 valence electrons. The monoisotopic (exact) mass is 519 g/mol. The summed E-state index contributed by atoms with van der Waals surface area (Å²) in [6, 6.07) is 13.3. The number of nitrogens with one attached hydrogen (secondary N) is 3. The summed E-state index contributed by atoms with van der Waals surface area (Å²) in [6.07, 6.45) is 1.20. The van der Waals surface area contributed by atoms with E-state index in [2.05, 4.69) is 30.9 Å². The van der Waals surface area contributed by atoms with E-state index in [1.165, 1.54) is 11.3 Å². The molecule has 2 aromatic carbocycles. The van der Waals surface area contributed by atoms with Gasteiger partial charge >= 0.3 is 6.03 Å². The Bertz CT molecular complexity index is 1460. The first kappa shape index (κ1) is 23.6.